The van der Waals surface area contributed by atoms with Crippen LogP contribution in [0.4, 0.5) is 5.69 Å². The van der Waals surface area contributed by atoms with Gasteiger partial charge in [-0.25, -0.2) is 4.98 Å². The average Bonchev–Trinajstić information content (AvgIpc) is 3.49. The quantitative estimate of drug-likeness (QED) is 0.271. The van der Waals surface area contributed by atoms with Gasteiger partial charge in [-0.1, -0.05) is 41.0 Å². The van der Waals surface area contributed by atoms with Crippen molar-refractivity contribution in [3.8, 4) is 0 Å². The van der Waals surface area contributed by atoms with Crippen LogP contribution < -0.4 is 10.9 Å². The van der Waals surface area contributed by atoms with E-state index >= 15 is 0 Å². The molecule has 4 aromatic rings. The third-order valence-electron chi connectivity index (χ3n) is 5.24. The predicted octanol–water partition coefficient (Wildman–Crippen LogP) is 5.63. The maximum absolute atomic E-state index is 13.5. The highest BCUT2D eigenvalue weighted by Crippen LogP contribution is 2.36. The lowest BCUT2D eigenvalue weighted by Crippen LogP contribution is -2.24. The molecule has 0 atom stereocenters. The molecule has 0 bridgehead atoms. The largest absolute Gasteiger partial charge is 0.467 e. The van der Waals surface area contributed by atoms with Crippen LogP contribution in [0.15, 0.2) is 51.0 Å². The van der Waals surface area contributed by atoms with E-state index in [2.05, 4.69) is 5.32 Å². The number of hydrogen-bond donors (Lipinski definition) is 1. The van der Waals surface area contributed by atoms with Gasteiger partial charge in [0.2, 0.25) is 5.91 Å². The van der Waals surface area contributed by atoms with Gasteiger partial charge in [0.05, 0.1) is 39.7 Å². The van der Waals surface area contributed by atoms with E-state index in [-0.39, 0.29) is 23.8 Å². The number of aryl methyl sites for hydroxylation is 2. The molecule has 0 saturated heterocycles. The molecule has 10 heteroatoms. The number of nitrogens with one attached hydrogen (secondary N) is 1. The van der Waals surface area contributed by atoms with Crippen LogP contribution in [0, 0.1) is 0 Å². The Morgan fingerprint density at radius 3 is 2.78 bits per heavy atom. The van der Waals surface area contributed by atoms with Crippen LogP contribution in [0.1, 0.15) is 22.6 Å². The lowest BCUT2D eigenvalue weighted by molar-refractivity contribution is -0.113. The number of para-hydroxylation sites is 1. The summed E-state index contributed by atoms with van der Waals surface area (Å²) >= 11 is 15.1. The van der Waals surface area contributed by atoms with Crippen LogP contribution in [0.25, 0.3) is 10.2 Å². The zero-order chi connectivity index (χ0) is 22.2. The zero-order valence-electron chi connectivity index (χ0n) is 16.7. The molecule has 0 fully saturated rings. The van der Waals surface area contributed by atoms with Crippen LogP contribution in [-0.4, -0.2) is 21.2 Å². The van der Waals surface area contributed by atoms with Crippen molar-refractivity contribution in [2.24, 2.45) is 0 Å². The van der Waals surface area contributed by atoms with Crippen molar-refractivity contribution in [2.45, 2.75) is 31.0 Å². The highest BCUT2D eigenvalue weighted by molar-refractivity contribution is 7.99. The van der Waals surface area contributed by atoms with Gasteiger partial charge in [0.25, 0.3) is 5.56 Å². The van der Waals surface area contributed by atoms with Crippen molar-refractivity contribution in [3.05, 3.63) is 73.2 Å². The maximum Gasteiger partial charge on any atom is 0.263 e. The fraction of sp³-hybridized carbons (Fsp3) is 0.227. The standard InChI is InChI=1S/C22H17Cl2N3O3S2/c23-14-6-2-7-15(24)19(14)25-17(28)11-31-22-26-20-18(13-5-1-8-16(13)32-20)21(29)27(22)10-12-4-3-9-30-12/h2-4,6-7,9H,1,5,8,10-11H2,(H,25,28). The average molecular weight is 506 g/mol. The molecule has 0 spiro atoms. The van der Waals surface area contributed by atoms with Gasteiger partial charge in [0.15, 0.2) is 5.16 Å². The number of thiophene rings is 1. The van der Waals surface area contributed by atoms with Crippen LogP contribution in [0.3, 0.4) is 0 Å². The fourth-order valence-electron chi connectivity index (χ4n) is 3.79. The number of fused-ring (bicyclic) bond motifs is 3. The molecule has 5 rings (SSSR count). The Kier molecular flexibility index (Phi) is 6.03. The van der Waals surface area contributed by atoms with Crippen LogP contribution in [-0.2, 0) is 24.2 Å². The summed E-state index contributed by atoms with van der Waals surface area (Å²) in [5, 5.41) is 4.63. The number of thioether (sulfide) groups is 1. The van der Waals surface area contributed by atoms with Crippen molar-refractivity contribution in [3.63, 3.8) is 0 Å². The molecule has 3 aromatic heterocycles. The number of carbonyl (C=O) groups is 1. The Morgan fingerprint density at radius 1 is 1.22 bits per heavy atom. The number of furan rings is 1. The third kappa shape index (κ3) is 4.08. The first-order valence-corrected chi connectivity index (χ1v) is 12.5. The molecule has 1 aliphatic rings. The minimum atomic E-state index is -0.294. The van der Waals surface area contributed by atoms with Gasteiger partial charge in [-0.05, 0) is 49.1 Å². The van der Waals surface area contributed by atoms with E-state index in [1.54, 1.807) is 46.4 Å². The van der Waals surface area contributed by atoms with Crippen LogP contribution in [0.2, 0.25) is 10.0 Å². The number of benzene rings is 1. The van der Waals surface area contributed by atoms with Gasteiger partial charge in [-0.15, -0.1) is 11.3 Å². The van der Waals surface area contributed by atoms with Crippen molar-refractivity contribution in [1.82, 2.24) is 9.55 Å². The van der Waals surface area contributed by atoms with Gasteiger partial charge < -0.3 is 9.73 Å². The molecule has 0 aliphatic heterocycles. The first-order chi connectivity index (χ1) is 15.5. The minimum absolute atomic E-state index is 0.0444. The summed E-state index contributed by atoms with van der Waals surface area (Å²) in [7, 11) is 0. The predicted molar refractivity (Wildman–Crippen MR) is 130 cm³/mol. The van der Waals surface area contributed by atoms with Crippen LogP contribution >= 0.6 is 46.3 Å². The van der Waals surface area contributed by atoms with Gasteiger partial charge in [-0.2, -0.15) is 0 Å². The number of aromatic nitrogens is 2. The molecule has 32 heavy (non-hydrogen) atoms. The molecular weight excluding hydrogens is 489 g/mol. The summed E-state index contributed by atoms with van der Waals surface area (Å²) in [6, 6.07) is 8.61. The third-order valence-corrected chi connectivity index (χ3v) is 8.04. The molecule has 1 aliphatic carbocycles. The Hall–Kier alpha value is -2.26. The molecule has 164 valence electrons. The number of rotatable bonds is 6. The number of hydrogen-bond acceptors (Lipinski definition) is 6. The number of carbonyl (C=O) groups excluding carboxylic acids is 1. The van der Waals surface area contributed by atoms with Crippen molar-refractivity contribution in [1.29, 1.82) is 0 Å². The highest BCUT2D eigenvalue weighted by atomic mass is 35.5. The normalized spacial score (nSPS) is 12.9. The Labute approximate surface area is 201 Å². The SMILES string of the molecule is O=C(CSc1nc2sc3c(c2c(=O)n1Cc1ccco1)CCC3)Nc1c(Cl)cccc1Cl. The summed E-state index contributed by atoms with van der Waals surface area (Å²) in [5.74, 6) is 0.398. The summed E-state index contributed by atoms with van der Waals surface area (Å²) in [5.41, 5.74) is 1.40. The van der Waals surface area contributed by atoms with Gasteiger partial charge in [-0.3, -0.25) is 14.2 Å². The topological polar surface area (TPSA) is 77.1 Å². The zero-order valence-corrected chi connectivity index (χ0v) is 19.8. The summed E-state index contributed by atoms with van der Waals surface area (Å²) in [4.78, 5) is 32.8. The van der Waals surface area contributed by atoms with E-state index in [4.69, 9.17) is 32.6 Å². The number of halogens is 2. The van der Waals surface area contributed by atoms with Crippen molar-refractivity contribution >= 4 is 68.1 Å². The van der Waals surface area contributed by atoms with Gasteiger partial charge in [0, 0.05) is 4.88 Å². The second-order valence-electron chi connectivity index (χ2n) is 7.34. The van der Waals surface area contributed by atoms with Crippen molar-refractivity contribution < 1.29 is 9.21 Å². The Bertz CT molecular complexity index is 1360. The molecule has 6 nitrogen and oxygen atoms in total. The number of anilines is 1. The van der Waals surface area contributed by atoms with E-state index in [1.807, 2.05) is 6.07 Å². The molecule has 0 radical (unpaired) electrons. The second kappa shape index (κ2) is 8.94. The van der Waals surface area contributed by atoms with Gasteiger partial charge in [0.1, 0.15) is 10.6 Å². The summed E-state index contributed by atoms with van der Waals surface area (Å²) in [6.07, 6.45) is 4.52. The Morgan fingerprint density at radius 2 is 2.03 bits per heavy atom. The van der Waals surface area contributed by atoms with E-state index < -0.39 is 0 Å². The maximum atomic E-state index is 13.5. The number of nitrogens with zero attached hydrogens (tertiary/aromatic N) is 2. The lowest BCUT2D eigenvalue weighted by Gasteiger charge is -2.12. The molecule has 1 N–H and O–H groups in total. The molecule has 0 saturated carbocycles. The molecule has 1 aromatic carbocycles. The Balaban J connectivity index is 1.46. The van der Waals surface area contributed by atoms with E-state index in [1.165, 1.54) is 16.6 Å². The molecule has 3 heterocycles. The van der Waals surface area contributed by atoms with E-state index in [0.717, 1.165) is 29.7 Å². The first-order valence-electron chi connectivity index (χ1n) is 9.95. The minimum Gasteiger partial charge on any atom is -0.467 e. The first kappa shape index (κ1) is 21.6. The van der Waals surface area contributed by atoms with Crippen LogP contribution in [0.5, 0.6) is 0 Å². The second-order valence-corrected chi connectivity index (χ2v) is 10.2. The van der Waals surface area contributed by atoms with Crippen molar-refractivity contribution in [2.75, 3.05) is 11.1 Å². The lowest BCUT2D eigenvalue weighted by atomic mass is 10.2. The summed E-state index contributed by atoms with van der Waals surface area (Å²) < 4.78 is 7.05. The fourth-order valence-corrected chi connectivity index (χ4v) is 6.38. The smallest absolute Gasteiger partial charge is 0.263 e. The summed E-state index contributed by atoms with van der Waals surface area (Å²) in [6.45, 7) is 0.250. The monoisotopic (exact) mass is 505 g/mol. The molecular formula is C22H17Cl2N3O3S2. The van der Waals surface area contributed by atoms with E-state index in [9.17, 15) is 9.59 Å². The van der Waals surface area contributed by atoms with Gasteiger partial charge >= 0.3 is 0 Å². The molecule has 0 unspecified atom stereocenters. The van der Waals surface area contributed by atoms with E-state index in [0.29, 0.717) is 32.0 Å². The number of amides is 1. The molecule has 1 amide bonds. The highest BCUT2D eigenvalue weighted by Gasteiger charge is 2.24.